The first-order chi connectivity index (χ1) is 12.4. The highest BCUT2D eigenvalue weighted by molar-refractivity contribution is 5.79. The lowest BCUT2D eigenvalue weighted by Crippen LogP contribution is -2.38. The van der Waals surface area contributed by atoms with Crippen LogP contribution in [0.15, 0.2) is 4.99 Å². The zero-order valence-electron chi connectivity index (χ0n) is 16.2. The molecule has 1 aliphatic carbocycles. The highest BCUT2D eigenvalue weighted by Crippen LogP contribution is 2.26. The molecule has 25 heavy (non-hydrogen) atoms. The molecular weight excluding hydrogens is 314 g/mol. The summed E-state index contributed by atoms with van der Waals surface area (Å²) in [5.41, 5.74) is 0. The zero-order chi connectivity index (χ0) is 17.6. The third-order valence-corrected chi connectivity index (χ3v) is 5.48. The first-order valence-electron chi connectivity index (χ1n) is 10.5. The Morgan fingerprint density at radius 1 is 0.960 bits per heavy atom. The Kier molecular flexibility index (Phi) is 11.0. The molecule has 0 spiro atoms. The molecule has 2 fully saturated rings. The highest BCUT2D eigenvalue weighted by Gasteiger charge is 2.14. The van der Waals surface area contributed by atoms with Gasteiger partial charge in [-0.2, -0.15) is 0 Å². The van der Waals surface area contributed by atoms with Crippen molar-refractivity contribution in [1.29, 1.82) is 0 Å². The topological polar surface area (TPSA) is 54.9 Å². The minimum absolute atomic E-state index is 0.695. The van der Waals surface area contributed by atoms with Gasteiger partial charge in [0.15, 0.2) is 5.96 Å². The fourth-order valence-electron chi connectivity index (χ4n) is 3.84. The van der Waals surface area contributed by atoms with Crippen LogP contribution in [0, 0.1) is 11.8 Å². The van der Waals surface area contributed by atoms with Crippen LogP contribution in [0.4, 0.5) is 0 Å². The summed E-state index contributed by atoms with van der Waals surface area (Å²) in [5.74, 6) is 2.59. The fraction of sp³-hybridized carbons (Fsp3) is 0.950. The maximum atomic E-state index is 5.80. The Bertz CT molecular complexity index is 351. The summed E-state index contributed by atoms with van der Waals surface area (Å²) in [4.78, 5) is 4.30. The molecule has 0 aromatic rings. The van der Waals surface area contributed by atoms with Crippen LogP contribution in [0.2, 0.25) is 0 Å². The molecule has 1 heterocycles. The van der Waals surface area contributed by atoms with Crippen LogP contribution in [-0.4, -0.2) is 52.5 Å². The van der Waals surface area contributed by atoms with Crippen molar-refractivity contribution >= 4 is 5.96 Å². The van der Waals surface area contributed by atoms with Gasteiger partial charge in [-0.15, -0.1) is 0 Å². The van der Waals surface area contributed by atoms with Gasteiger partial charge in [-0.25, -0.2) is 0 Å². The molecule has 0 aromatic heterocycles. The van der Waals surface area contributed by atoms with Crippen LogP contribution in [0.25, 0.3) is 0 Å². The van der Waals surface area contributed by atoms with Crippen molar-refractivity contribution in [2.75, 3.05) is 46.6 Å². The van der Waals surface area contributed by atoms with E-state index in [2.05, 4.69) is 15.6 Å². The van der Waals surface area contributed by atoms with Crippen molar-refractivity contribution in [3.8, 4) is 0 Å². The number of guanidine groups is 1. The van der Waals surface area contributed by atoms with E-state index >= 15 is 0 Å². The lowest BCUT2D eigenvalue weighted by atomic mass is 9.86. The molecule has 2 aliphatic rings. The molecule has 0 bridgehead atoms. The average Bonchev–Trinajstić information content (AvgIpc) is 2.67. The van der Waals surface area contributed by atoms with Gasteiger partial charge < -0.3 is 20.1 Å². The minimum atomic E-state index is 0.695. The fourth-order valence-corrected chi connectivity index (χ4v) is 3.84. The average molecular weight is 354 g/mol. The number of ether oxygens (including phenoxy) is 2. The third-order valence-electron chi connectivity index (χ3n) is 5.48. The number of hydrogen-bond acceptors (Lipinski definition) is 3. The van der Waals surface area contributed by atoms with Gasteiger partial charge in [-0.3, -0.25) is 4.99 Å². The Morgan fingerprint density at radius 2 is 1.68 bits per heavy atom. The van der Waals surface area contributed by atoms with Crippen LogP contribution in [0.1, 0.15) is 64.2 Å². The predicted molar refractivity (Wildman–Crippen MR) is 104 cm³/mol. The van der Waals surface area contributed by atoms with Gasteiger partial charge in [0.25, 0.3) is 0 Å². The monoisotopic (exact) mass is 353 g/mol. The minimum Gasteiger partial charge on any atom is -0.381 e. The van der Waals surface area contributed by atoms with Crippen molar-refractivity contribution in [2.24, 2.45) is 16.8 Å². The summed E-state index contributed by atoms with van der Waals surface area (Å²) in [7, 11) is 1.85. The summed E-state index contributed by atoms with van der Waals surface area (Å²) in [5, 5.41) is 6.82. The first kappa shape index (κ1) is 20.5. The Hall–Kier alpha value is -0.810. The van der Waals surface area contributed by atoms with Gasteiger partial charge in [0.05, 0.1) is 0 Å². The van der Waals surface area contributed by atoms with Gasteiger partial charge in [-0.1, -0.05) is 32.1 Å². The number of nitrogens with zero attached hydrogens (tertiary/aromatic N) is 1. The van der Waals surface area contributed by atoms with Crippen LogP contribution >= 0.6 is 0 Å². The van der Waals surface area contributed by atoms with Crippen LogP contribution in [0.3, 0.4) is 0 Å². The van der Waals surface area contributed by atoms with E-state index in [1.807, 2.05) is 7.05 Å². The van der Waals surface area contributed by atoms with E-state index in [1.165, 1.54) is 44.9 Å². The number of hydrogen-bond donors (Lipinski definition) is 2. The van der Waals surface area contributed by atoms with Crippen LogP contribution in [0.5, 0.6) is 0 Å². The molecule has 0 amide bonds. The third kappa shape index (κ3) is 9.45. The predicted octanol–water partition coefficient (Wildman–Crippen LogP) is 3.35. The second-order valence-corrected chi connectivity index (χ2v) is 7.56. The van der Waals surface area contributed by atoms with Crippen molar-refractivity contribution in [1.82, 2.24) is 10.6 Å². The van der Waals surface area contributed by atoms with E-state index in [9.17, 15) is 0 Å². The van der Waals surface area contributed by atoms with E-state index in [0.717, 1.165) is 70.7 Å². The normalized spacial score (nSPS) is 20.6. The molecule has 0 atom stereocenters. The van der Waals surface area contributed by atoms with Gasteiger partial charge in [-0.05, 0) is 43.9 Å². The van der Waals surface area contributed by atoms with E-state index < -0.39 is 0 Å². The maximum absolute atomic E-state index is 5.80. The van der Waals surface area contributed by atoms with Gasteiger partial charge in [0.2, 0.25) is 0 Å². The first-order valence-corrected chi connectivity index (χ1v) is 10.5. The molecule has 1 saturated carbocycles. The molecule has 2 N–H and O–H groups in total. The van der Waals surface area contributed by atoms with Crippen molar-refractivity contribution < 1.29 is 9.47 Å². The summed E-state index contributed by atoms with van der Waals surface area (Å²) >= 11 is 0. The number of aliphatic imine (C=N–C) groups is 1. The second kappa shape index (κ2) is 13.4. The summed E-state index contributed by atoms with van der Waals surface area (Å²) in [6.07, 6.45) is 13.2. The molecule has 2 rings (SSSR count). The molecule has 5 heteroatoms. The molecular formula is C20H39N3O2. The molecule has 146 valence electrons. The lowest BCUT2D eigenvalue weighted by Gasteiger charge is -2.22. The van der Waals surface area contributed by atoms with Gasteiger partial charge >= 0.3 is 0 Å². The molecule has 0 radical (unpaired) electrons. The number of nitrogens with one attached hydrogen (secondary N) is 2. The Morgan fingerprint density at radius 3 is 2.40 bits per heavy atom. The van der Waals surface area contributed by atoms with Crippen LogP contribution < -0.4 is 10.6 Å². The largest absolute Gasteiger partial charge is 0.381 e. The van der Waals surface area contributed by atoms with Gasteiger partial charge in [0, 0.05) is 46.6 Å². The Labute approximate surface area is 154 Å². The van der Waals surface area contributed by atoms with Crippen molar-refractivity contribution in [3.05, 3.63) is 0 Å². The van der Waals surface area contributed by atoms with Crippen LogP contribution in [-0.2, 0) is 9.47 Å². The molecule has 0 aromatic carbocycles. The lowest BCUT2D eigenvalue weighted by molar-refractivity contribution is 0.0203. The number of rotatable bonds is 10. The van der Waals surface area contributed by atoms with Gasteiger partial charge in [0.1, 0.15) is 0 Å². The molecule has 1 aliphatic heterocycles. The quantitative estimate of drug-likeness (QED) is 0.359. The maximum Gasteiger partial charge on any atom is 0.190 e. The highest BCUT2D eigenvalue weighted by atomic mass is 16.5. The summed E-state index contributed by atoms with van der Waals surface area (Å²) < 4.78 is 11.2. The zero-order valence-corrected chi connectivity index (χ0v) is 16.2. The van der Waals surface area contributed by atoms with E-state index in [1.54, 1.807) is 0 Å². The SMILES string of the molecule is CN=C(NCCCOCC1CCOCC1)NCCCC1CCCCC1. The molecule has 5 nitrogen and oxygen atoms in total. The molecule has 1 saturated heterocycles. The Balaban J connectivity index is 1.40. The standard InChI is InChI=1S/C20H39N3O2/c1-21-20(22-12-5-9-18-7-3-2-4-8-18)23-13-6-14-25-17-19-10-15-24-16-11-19/h18-19H,2-17H2,1H3,(H2,21,22,23). The smallest absolute Gasteiger partial charge is 0.190 e. The van der Waals surface area contributed by atoms with E-state index in [0.29, 0.717) is 5.92 Å². The van der Waals surface area contributed by atoms with Crippen molar-refractivity contribution in [2.45, 2.75) is 64.2 Å². The van der Waals surface area contributed by atoms with Crippen molar-refractivity contribution in [3.63, 3.8) is 0 Å². The molecule has 0 unspecified atom stereocenters. The summed E-state index contributed by atoms with van der Waals surface area (Å²) in [6.45, 7) is 5.45. The van der Waals surface area contributed by atoms with E-state index in [4.69, 9.17) is 9.47 Å². The second-order valence-electron chi connectivity index (χ2n) is 7.56. The summed E-state index contributed by atoms with van der Waals surface area (Å²) in [6, 6.07) is 0. The van der Waals surface area contributed by atoms with E-state index in [-0.39, 0.29) is 0 Å².